The third-order valence-electron chi connectivity index (χ3n) is 3.28. The highest BCUT2D eigenvalue weighted by Crippen LogP contribution is 2.10. The first-order valence-corrected chi connectivity index (χ1v) is 8.31. The fourth-order valence-electron chi connectivity index (χ4n) is 1.68. The van der Waals surface area contributed by atoms with E-state index >= 15 is 0 Å². The van der Waals surface area contributed by atoms with Gasteiger partial charge in [0.15, 0.2) is 0 Å². The number of unbranched alkanes of at least 4 members (excludes halogenated alkanes) is 8. The van der Waals surface area contributed by atoms with Crippen LogP contribution in [0.25, 0.3) is 0 Å². The average molecular weight is 301 g/mol. The Morgan fingerprint density at radius 2 is 1.29 bits per heavy atom. The normalized spacial score (nSPS) is 9.95. The van der Waals surface area contributed by atoms with Gasteiger partial charge in [-0.3, -0.25) is 9.59 Å². The summed E-state index contributed by atoms with van der Waals surface area (Å²) in [5.41, 5.74) is 4.80. The molecule has 0 saturated heterocycles. The summed E-state index contributed by atoms with van der Waals surface area (Å²) in [5, 5.41) is 0. The van der Waals surface area contributed by atoms with Crippen LogP contribution in [0.5, 0.6) is 0 Å². The van der Waals surface area contributed by atoms with Crippen molar-refractivity contribution in [1.29, 1.82) is 0 Å². The molecule has 0 aromatic carbocycles. The standard InChI is InChI=1S/C13H26O2.C4H9NO/c1-3-4-5-6-7-8-9-10-11-12-13(14)15-2;1-3(2)4(5)6/h3-12H2,1-2H3;3H,1-2H3,(H2,5,6). The smallest absolute Gasteiger partial charge is 0.305 e. The van der Waals surface area contributed by atoms with Gasteiger partial charge in [-0.25, -0.2) is 0 Å². The fraction of sp³-hybridized carbons (Fsp3) is 0.882. The molecule has 0 fully saturated rings. The average Bonchev–Trinajstić information content (AvgIpc) is 2.45. The van der Waals surface area contributed by atoms with Crippen LogP contribution in [0.15, 0.2) is 0 Å². The number of nitrogens with two attached hydrogens (primary N) is 1. The lowest BCUT2D eigenvalue weighted by Gasteiger charge is -2.01. The number of hydrogen-bond acceptors (Lipinski definition) is 3. The van der Waals surface area contributed by atoms with Crippen LogP contribution in [0, 0.1) is 5.92 Å². The van der Waals surface area contributed by atoms with E-state index < -0.39 is 0 Å². The van der Waals surface area contributed by atoms with E-state index in [1.807, 2.05) is 0 Å². The van der Waals surface area contributed by atoms with Gasteiger partial charge < -0.3 is 10.5 Å². The number of rotatable bonds is 11. The first-order chi connectivity index (χ1) is 9.95. The van der Waals surface area contributed by atoms with E-state index in [9.17, 15) is 9.59 Å². The van der Waals surface area contributed by atoms with E-state index in [1.165, 1.54) is 58.5 Å². The van der Waals surface area contributed by atoms with Crippen molar-refractivity contribution in [3.8, 4) is 0 Å². The zero-order valence-electron chi connectivity index (χ0n) is 14.5. The summed E-state index contributed by atoms with van der Waals surface area (Å²) < 4.78 is 4.58. The molecule has 126 valence electrons. The molecule has 0 bridgehead atoms. The molecular weight excluding hydrogens is 266 g/mol. The van der Waals surface area contributed by atoms with E-state index in [1.54, 1.807) is 13.8 Å². The second-order valence-corrected chi connectivity index (χ2v) is 5.71. The van der Waals surface area contributed by atoms with E-state index in [4.69, 9.17) is 5.73 Å². The molecule has 0 unspecified atom stereocenters. The van der Waals surface area contributed by atoms with Crippen molar-refractivity contribution < 1.29 is 14.3 Å². The van der Waals surface area contributed by atoms with Crippen LogP contribution < -0.4 is 5.73 Å². The van der Waals surface area contributed by atoms with Gasteiger partial charge in [0.05, 0.1) is 7.11 Å². The van der Waals surface area contributed by atoms with Crippen molar-refractivity contribution in [1.82, 2.24) is 0 Å². The number of primary amides is 1. The second-order valence-electron chi connectivity index (χ2n) is 5.71. The Kier molecular flexibility index (Phi) is 18.0. The molecule has 21 heavy (non-hydrogen) atoms. The van der Waals surface area contributed by atoms with Gasteiger partial charge in [-0.15, -0.1) is 0 Å². The van der Waals surface area contributed by atoms with Gasteiger partial charge in [-0.1, -0.05) is 72.1 Å². The Morgan fingerprint density at radius 3 is 1.62 bits per heavy atom. The Labute approximate surface area is 130 Å². The minimum Gasteiger partial charge on any atom is -0.469 e. The minimum atomic E-state index is -0.241. The molecule has 0 aliphatic rings. The van der Waals surface area contributed by atoms with Crippen LogP contribution in [-0.2, 0) is 14.3 Å². The summed E-state index contributed by atoms with van der Waals surface area (Å²) >= 11 is 0. The van der Waals surface area contributed by atoms with E-state index in [2.05, 4.69) is 11.7 Å². The summed E-state index contributed by atoms with van der Waals surface area (Å²) in [7, 11) is 1.45. The molecule has 0 radical (unpaired) electrons. The molecular formula is C17H35NO3. The zero-order valence-corrected chi connectivity index (χ0v) is 14.5. The molecule has 4 heteroatoms. The van der Waals surface area contributed by atoms with Gasteiger partial charge in [0.2, 0.25) is 5.91 Å². The van der Waals surface area contributed by atoms with Crippen LogP contribution in [0.3, 0.4) is 0 Å². The molecule has 0 saturated carbocycles. The summed E-state index contributed by atoms with van der Waals surface area (Å²) in [6.45, 7) is 5.78. The highest BCUT2D eigenvalue weighted by Gasteiger charge is 1.98. The summed E-state index contributed by atoms with van der Waals surface area (Å²) in [4.78, 5) is 20.7. The van der Waals surface area contributed by atoms with Crippen molar-refractivity contribution in [2.45, 2.75) is 85.0 Å². The first-order valence-electron chi connectivity index (χ1n) is 8.31. The third-order valence-corrected chi connectivity index (χ3v) is 3.28. The Morgan fingerprint density at radius 1 is 0.905 bits per heavy atom. The van der Waals surface area contributed by atoms with Crippen LogP contribution in [0.4, 0.5) is 0 Å². The Balaban J connectivity index is 0. The number of hydrogen-bond donors (Lipinski definition) is 1. The predicted molar refractivity (Wildman–Crippen MR) is 87.9 cm³/mol. The number of ether oxygens (including phenoxy) is 1. The van der Waals surface area contributed by atoms with Gasteiger partial charge in [0, 0.05) is 12.3 Å². The highest BCUT2D eigenvalue weighted by atomic mass is 16.5. The number of amides is 1. The number of carbonyl (C=O) groups excluding carboxylic acids is 2. The molecule has 0 spiro atoms. The highest BCUT2D eigenvalue weighted by molar-refractivity contribution is 5.75. The maximum Gasteiger partial charge on any atom is 0.305 e. The van der Waals surface area contributed by atoms with Crippen LogP contribution >= 0.6 is 0 Å². The first kappa shape index (κ1) is 22.2. The quantitative estimate of drug-likeness (QED) is 0.459. The number of carbonyl (C=O) groups is 2. The lowest BCUT2D eigenvalue weighted by molar-refractivity contribution is -0.140. The van der Waals surface area contributed by atoms with Crippen LogP contribution in [-0.4, -0.2) is 19.0 Å². The summed E-state index contributed by atoms with van der Waals surface area (Å²) in [6.07, 6.45) is 12.2. The maximum atomic E-state index is 10.8. The number of esters is 1. The fourth-order valence-corrected chi connectivity index (χ4v) is 1.68. The molecule has 0 aromatic rings. The second kappa shape index (κ2) is 17.0. The Hall–Kier alpha value is -1.06. The topological polar surface area (TPSA) is 69.4 Å². The molecule has 1 amide bonds. The zero-order chi connectivity index (χ0) is 16.5. The van der Waals surface area contributed by atoms with E-state index in [-0.39, 0.29) is 17.8 Å². The molecule has 2 N–H and O–H groups in total. The summed E-state index contributed by atoms with van der Waals surface area (Å²) in [6, 6.07) is 0. The van der Waals surface area contributed by atoms with Gasteiger partial charge in [0.1, 0.15) is 0 Å². The molecule has 0 heterocycles. The molecule has 4 nitrogen and oxygen atoms in total. The molecule has 0 aliphatic carbocycles. The van der Waals surface area contributed by atoms with Crippen LogP contribution in [0.2, 0.25) is 0 Å². The lowest BCUT2D eigenvalue weighted by Crippen LogP contribution is -2.17. The van der Waals surface area contributed by atoms with Gasteiger partial charge in [0.25, 0.3) is 0 Å². The third kappa shape index (κ3) is 21.4. The molecule has 0 aliphatic heterocycles. The largest absolute Gasteiger partial charge is 0.469 e. The lowest BCUT2D eigenvalue weighted by atomic mass is 10.1. The van der Waals surface area contributed by atoms with Crippen molar-refractivity contribution >= 4 is 11.9 Å². The van der Waals surface area contributed by atoms with E-state index in [0.29, 0.717) is 6.42 Å². The van der Waals surface area contributed by atoms with Crippen molar-refractivity contribution in [2.24, 2.45) is 11.7 Å². The van der Waals surface area contributed by atoms with Crippen molar-refractivity contribution in [3.63, 3.8) is 0 Å². The molecule has 0 atom stereocenters. The Bertz CT molecular complexity index is 252. The molecule has 0 rings (SSSR count). The van der Waals surface area contributed by atoms with Gasteiger partial charge in [-0.2, -0.15) is 0 Å². The predicted octanol–water partition coefficient (Wildman–Crippen LogP) is 4.21. The molecule has 0 aromatic heterocycles. The van der Waals surface area contributed by atoms with Crippen molar-refractivity contribution in [3.05, 3.63) is 0 Å². The SMILES string of the molecule is CC(C)C(N)=O.CCCCCCCCCCCC(=O)OC. The summed E-state index contributed by atoms with van der Waals surface area (Å²) in [5.74, 6) is -0.321. The van der Waals surface area contributed by atoms with E-state index in [0.717, 1.165) is 6.42 Å². The van der Waals surface area contributed by atoms with Gasteiger partial charge in [-0.05, 0) is 6.42 Å². The van der Waals surface area contributed by atoms with Crippen LogP contribution in [0.1, 0.15) is 85.0 Å². The minimum absolute atomic E-state index is 0.00926. The number of methoxy groups -OCH3 is 1. The monoisotopic (exact) mass is 301 g/mol. The van der Waals surface area contributed by atoms with Crippen molar-refractivity contribution in [2.75, 3.05) is 7.11 Å². The maximum absolute atomic E-state index is 10.8. The van der Waals surface area contributed by atoms with Gasteiger partial charge >= 0.3 is 5.97 Å².